The first-order valence-corrected chi connectivity index (χ1v) is 12.7. The fraction of sp³-hybridized carbons (Fsp3) is 0.240. The van der Waals surface area contributed by atoms with Gasteiger partial charge in [0.15, 0.2) is 0 Å². The van der Waals surface area contributed by atoms with Crippen LogP contribution in [0.5, 0.6) is 0 Å². The zero-order chi connectivity index (χ0) is 23.4. The molecule has 172 valence electrons. The molecule has 6 nitrogen and oxygen atoms in total. The lowest BCUT2D eigenvalue weighted by Gasteiger charge is -2.25. The fourth-order valence-corrected chi connectivity index (χ4v) is 5.55. The lowest BCUT2D eigenvalue weighted by Crippen LogP contribution is -2.38. The summed E-state index contributed by atoms with van der Waals surface area (Å²) in [5.74, 6) is -0.426. The highest BCUT2D eigenvalue weighted by Crippen LogP contribution is 2.28. The van der Waals surface area contributed by atoms with Gasteiger partial charge in [0, 0.05) is 29.5 Å². The highest BCUT2D eigenvalue weighted by molar-refractivity contribution is 7.92. The first-order valence-electron chi connectivity index (χ1n) is 10.8. The van der Waals surface area contributed by atoms with Gasteiger partial charge >= 0.3 is 0 Å². The number of hydrogen-bond donors (Lipinski definition) is 1. The molecular formula is C25H26ClN3O3S. The van der Waals surface area contributed by atoms with Crippen LogP contribution in [0.15, 0.2) is 77.7 Å². The van der Waals surface area contributed by atoms with Crippen molar-refractivity contribution in [2.75, 3.05) is 34.2 Å². The van der Waals surface area contributed by atoms with E-state index in [9.17, 15) is 13.2 Å². The van der Waals surface area contributed by atoms with Crippen LogP contribution in [0.4, 0.5) is 17.1 Å². The predicted molar refractivity (Wildman–Crippen MR) is 134 cm³/mol. The van der Waals surface area contributed by atoms with Crippen LogP contribution in [0.2, 0.25) is 5.02 Å². The summed E-state index contributed by atoms with van der Waals surface area (Å²) in [5, 5.41) is 3.26. The topological polar surface area (TPSA) is 69.7 Å². The van der Waals surface area contributed by atoms with Crippen molar-refractivity contribution in [2.45, 2.75) is 24.7 Å². The molecule has 0 radical (unpaired) electrons. The van der Waals surface area contributed by atoms with E-state index in [2.05, 4.69) is 10.2 Å². The van der Waals surface area contributed by atoms with Crippen LogP contribution in [0.3, 0.4) is 0 Å². The summed E-state index contributed by atoms with van der Waals surface area (Å²) in [6.45, 7) is 3.54. The van der Waals surface area contributed by atoms with Gasteiger partial charge in [0.05, 0.1) is 10.6 Å². The smallest absolute Gasteiger partial charge is 0.264 e. The Morgan fingerprint density at radius 2 is 1.61 bits per heavy atom. The number of sulfonamides is 1. The van der Waals surface area contributed by atoms with E-state index in [0.29, 0.717) is 16.4 Å². The third-order valence-corrected chi connectivity index (χ3v) is 7.72. The summed E-state index contributed by atoms with van der Waals surface area (Å²) in [7, 11) is -3.99. The minimum absolute atomic E-state index is 0.0675. The van der Waals surface area contributed by atoms with Crippen LogP contribution in [0.25, 0.3) is 0 Å². The molecule has 4 rings (SSSR count). The van der Waals surface area contributed by atoms with Crippen molar-refractivity contribution in [1.82, 2.24) is 0 Å². The Bertz CT molecular complexity index is 1220. The van der Waals surface area contributed by atoms with Crippen molar-refractivity contribution >= 4 is 44.6 Å². The van der Waals surface area contributed by atoms with Crippen LogP contribution >= 0.6 is 11.6 Å². The number of carbonyl (C=O) groups excluding carboxylic acids is 1. The maximum absolute atomic E-state index is 13.5. The van der Waals surface area contributed by atoms with E-state index in [4.69, 9.17) is 11.6 Å². The van der Waals surface area contributed by atoms with Crippen molar-refractivity contribution in [3.63, 3.8) is 0 Å². The lowest BCUT2D eigenvalue weighted by molar-refractivity contribution is -0.114. The Kier molecular flexibility index (Phi) is 6.91. The molecule has 0 atom stereocenters. The highest BCUT2D eigenvalue weighted by atomic mass is 35.5. The third-order valence-electron chi connectivity index (χ3n) is 5.70. The Morgan fingerprint density at radius 1 is 0.970 bits per heavy atom. The number of nitrogens with one attached hydrogen (secondary N) is 1. The number of aryl methyl sites for hydroxylation is 1. The highest BCUT2D eigenvalue weighted by Gasteiger charge is 2.28. The Hall–Kier alpha value is -3.03. The number of hydrogen-bond acceptors (Lipinski definition) is 4. The number of amides is 1. The lowest BCUT2D eigenvalue weighted by atomic mass is 10.2. The molecule has 3 aromatic rings. The van der Waals surface area contributed by atoms with Crippen LogP contribution < -0.4 is 14.5 Å². The molecule has 1 amide bonds. The normalized spacial score (nSPS) is 13.7. The van der Waals surface area contributed by atoms with Gasteiger partial charge in [0.25, 0.3) is 10.0 Å². The van der Waals surface area contributed by atoms with E-state index in [1.807, 2.05) is 43.3 Å². The van der Waals surface area contributed by atoms with Crippen LogP contribution in [0, 0.1) is 6.92 Å². The summed E-state index contributed by atoms with van der Waals surface area (Å²) < 4.78 is 28.1. The molecule has 1 fully saturated rings. The molecule has 8 heteroatoms. The second kappa shape index (κ2) is 9.85. The van der Waals surface area contributed by atoms with Crippen molar-refractivity contribution in [2.24, 2.45) is 0 Å². The van der Waals surface area contributed by atoms with Gasteiger partial charge < -0.3 is 10.2 Å². The summed E-state index contributed by atoms with van der Waals surface area (Å²) in [4.78, 5) is 15.3. The molecule has 0 aliphatic carbocycles. The largest absolute Gasteiger partial charge is 0.372 e. The maximum atomic E-state index is 13.5. The molecule has 3 aromatic carbocycles. The van der Waals surface area contributed by atoms with Gasteiger partial charge in [-0.25, -0.2) is 8.42 Å². The van der Waals surface area contributed by atoms with Gasteiger partial charge in [-0.3, -0.25) is 9.10 Å². The first-order chi connectivity index (χ1) is 15.8. The average molecular weight is 484 g/mol. The summed E-state index contributed by atoms with van der Waals surface area (Å²) in [5.41, 5.74) is 2.94. The Morgan fingerprint density at radius 3 is 2.24 bits per heavy atom. The molecular weight excluding hydrogens is 458 g/mol. The monoisotopic (exact) mass is 483 g/mol. The van der Waals surface area contributed by atoms with Gasteiger partial charge in [-0.2, -0.15) is 0 Å². The fourth-order valence-electron chi connectivity index (χ4n) is 3.94. The SMILES string of the molecule is Cc1ccccc1N(CC(=O)Nc1ccc(N2CCCC2)cc1)S(=O)(=O)c1ccc(Cl)cc1. The molecule has 0 unspecified atom stereocenters. The number of benzene rings is 3. The molecule has 0 saturated carbocycles. The van der Waals surface area contributed by atoms with Crippen molar-refractivity contribution in [3.05, 3.63) is 83.4 Å². The van der Waals surface area contributed by atoms with E-state index in [1.165, 1.54) is 37.1 Å². The van der Waals surface area contributed by atoms with Crippen LogP contribution in [0.1, 0.15) is 18.4 Å². The van der Waals surface area contributed by atoms with E-state index >= 15 is 0 Å². The first kappa shape index (κ1) is 23.1. The van der Waals surface area contributed by atoms with Crippen molar-refractivity contribution < 1.29 is 13.2 Å². The zero-order valence-electron chi connectivity index (χ0n) is 18.4. The second-order valence-electron chi connectivity index (χ2n) is 8.04. The Balaban J connectivity index is 1.57. The van der Waals surface area contributed by atoms with E-state index in [0.717, 1.165) is 28.6 Å². The van der Waals surface area contributed by atoms with Gasteiger partial charge in [0.2, 0.25) is 5.91 Å². The number of para-hydroxylation sites is 1. The molecule has 0 bridgehead atoms. The molecule has 1 saturated heterocycles. The molecule has 1 N–H and O–H groups in total. The molecule has 1 aliphatic rings. The predicted octanol–water partition coefficient (Wildman–Crippen LogP) is 5.08. The van der Waals surface area contributed by atoms with Gasteiger partial charge in [-0.05, 0) is 79.9 Å². The van der Waals surface area contributed by atoms with E-state index in [-0.39, 0.29) is 11.4 Å². The number of anilines is 3. The van der Waals surface area contributed by atoms with Crippen molar-refractivity contribution in [1.29, 1.82) is 0 Å². The van der Waals surface area contributed by atoms with Crippen LogP contribution in [-0.4, -0.2) is 34.0 Å². The molecule has 1 aliphatic heterocycles. The standard InChI is InChI=1S/C25H26ClN3O3S/c1-19-6-2-3-7-24(19)29(33(31,32)23-14-8-20(26)9-15-23)18-25(30)27-21-10-12-22(13-11-21)28-16-4-5-17-28/h2-3,6-15H,4-5,16-18H2,1H3,(H,27,30). The summed E-state index contributed by atoms with van der Waals surface area (Å²) in [6, 6.07) is 20.7. The van der Waals surface area contributed by atoms with Gasteiger partial charge in [-0.1, -0.05) is 29.8 Å². The second-order valence-corrected chi connectivity index (χ2v) is 10.3. The molecule has 0 aromatic heterocycles. The minimum Gasteiger partial charge on any atom is -0.372 e. The molecule has 0 spiro atoms. The number of halogens is 1. The summed E-state index contributed by atoms with van der Waals surface area (Å²) >= 11 is 5.94. The Labute approximate surface area is 199 Å². The van der Waals surface area contributed by atoms with E-state index < -0.39 is 15.9 Å². The quantitative estimate of drug-likeness (QED) is 0.508. The number of carbonyl (C=O) groups is 1. The zero-order valence-corrected chi connectivity index (χ0v) is 19.9. The van der Waals surface area contributed by atoms with E-state index in [1.54, 1.807) is 12.1 Å². The number of nitrogens with zero attached hydrogens (tertiary/aromatic N) is 2. The van der Waals surface area contributed by atoms with Crippen molar-refractivity contribution in [3.8, 4) is 0 Å². The van der Waals surface area contributed by atoms with Gasteiger partial charge in [0.1, 0.15) is 6.54 Å². The average Bonchev–Trinajstić information content (AvgIpc) is 3.34. The van der Waals surface area contributed by atoms with Gasteiger partial charge in [-0.15, -0.1) is 0 Å². The molecule has 1 heterocycles. The number of rotatable bonds is 7. The molecule has 33 heavy (non-hydrogen) atoms. The minimum atomic E-state index is -3.99. The third kappa shape index (κ3) is 5.31. The maximum Gasteiger partial charge on any atom is 0.264 e. The van der Waals surface area contributed by atoms with Crippen LogP contribution in [-0.2, 0) is 14.8 Å². The summed E-state index contributed by atoms with van der Waals surface area (Å²) in [6.07, 6.45) is 2.38.